The van der Waals surface area contributed by atoms with Gasteiger partial charge in [-0.25, -0.2) is 9.78 Å². The van der Waals surface area contributed by atoms with Gasteiger partial charge < -0.3 is 10.1 Å². The summed E-state index contributed by atoms with van der Waals surface area (Å²) in [6, 6.07) is 13.7. The summed E-state index contributed by atoms with van der Waals surface area (Å²) in [5.41, 5.74) is 1.07. The van der Waals surface area contributed by atoms with Gasteiger partial charge in [0, 0.05) is 0 Å². The highest BCUT2D eigenvalue weighted by Crippen LogP contribution is 2.39. The Bertz CT molecular complexity index is 903. The highest BCUT2D eigenvalue weighted by molar-refractivity contribution is 5.85. The van der Waals surface area contributed by atoms with Gasteiger partial charge in [0.05, 0.1) is 16.6 Å². The number of rotatable bonds is 2. The number of nitrogens with zero attached hydrogens (tertiary/aromatic N) is 1. The van der Waals surface area contributed by atoms with Crippen LogP contribution in [-0.4, -0.2) is 21.2 Å². The first-order valence-corrected chi connectivity index (χ1v) is 7.95. The molecule has 1 saturated carbocycles. The zero-order valence-electron chi connectivity index (χ0n) is 13.5. The molecule has 3 N–H and O–H groups in total. The van der Waals surface area contributed by atoms with E-state index in [2.05, 4.69) is 40.3 Å². The zero-order valence-corrected chi connectivity index (χ0v) is 13.5. The monoisotopic (exact) mass is 363 g/mol. The smallest absolute Gasteiger partial charge is 0.416 e. The first-order valence-electron chi connectivity index (χ1n) is 7.95. The Morgan fingerprint density at radius 1 is 1.15 bits per heavy atom. The summed E-state index contributed by atoms with van der Waals surface area (Å²) in [7, 11) is 0. The van der Waals surface area contributed by atoms with E-state index in [0.29, 0.717) is 0 Å². The summed E-state index contributed by atoms with van der Waals surface area (Å²) in [4.78, 5) is 16.5. The number of imidazole rings is 1. The van der Waals surface area contributed by atoms with Crippen LogP contribution in [0.5, 0.6) is 0 Å². The molecule has 0 bridgehead atoms. The predicted octanol–water partition coefficient (Wildman–Crippen LogP) is 5.24. The van der Waals surface area contributed by atoms with Crippen molar-refractivity contribution in [2.24, 2.45) is 0 Å². The molecule has 0 saturated heterocycles. The van der Waals surface area contributed by atoms with Gasteiger partial charge in [-0.3, -0.25) is 5.32 Å². The SMILES string of the molecule is O=C(O)Nc1nc2ccc(C(F)(F)F)cc2[nH]1.c1ccc(C2CC2)cc1. The molecule has 3 aromatic rings. The molecule has 1 amide bonds. The first-order chi connectivity index (χ1) is 12.3. The van der Waals surface area contributed by atoms with E-state index in [1.807, 2.05) is 5.32 Å². The third-order valence-corrected chi connectivity index (χ3v) is 3.88. The lowest BCUT2D eigenvalue weighted by Gasteiger charge is -2.04. The van der Waals surface area contributed by atoms with Crippen LogP contribution in [-0.2, 0) is 6.18 Å². The van der Waals surface area contributed by atoms with Crippen molar-refractivity contribution in [3.8, 4) is 0 Å². The lowest BCUT2D eigenvalue weighted by atomic mass is 10.1. The standard InChI is InChI=1S/C9H6F3N3O2.C9H10/c10-9(11,12)4-1-2-5-6(3-4)14-7(13-5)15-8(16)17;1-2-4-8(5-3-1)9-6-7-9/h1-3H,(H,16,17)(H2,13,14,15);1-5,9H,6-7H2. The van der Waals surface area contributed by atoms with Crippen LogP contribution in [0.15, 0.2) is 48.5 Å². The fourth-order valence-electron chi connectivity index (χ4n) is 2.49. The molecular weight excluding hydrogens is 347 g/mol. The summed E-state index contributed by atoms with van der Waals surface area (Å²) in [6.45, 7) is 0. The summed E-state index contributed by atoms with van der Waals surface area (Å²) < 4.78 is 37.2. The number of aromatic amines is 1. The molecule has 0 radical (unpaired) electrons. The van der Waals surface area contributed by atoms with Crippen LogP contribution < -0.4 is 5.32 Å². The Balaban J connectivity index is 0.000000181. The first kappa shape index (κ1) is 17.8. The maximum Gasteiger partial charge on any atom is 0.416 e. The van der Waals surface area contributed by atoms with Gasteiger partial charge in [-0.05, 0) is 42.5 Å². The molecule has 4 rings (SSSR count). The highest BCUT2D eigenvalue weighted by atomic mass is 19.4. The summed E-state index contributed by atoms with van der Waals surface area (Å²) in [6.07, 6.45) is -2.98. The minimum atomic E-state index is -4.44. The lowest BCUT2D eigenvalue weighted by molar-refractivity contribution is -0.137. The number of nitrogens with one attached hydrogen (secondary N) is 2. The van der Waals surface area contributed by atoms with Gasteiger partial charge >= 0.3 is 12.3 Å². The number of hydrogen-bond donors (Lipinski definition) is 3. The van der Waals surface area contributed by atoms with Crippen molar-refractivity contribution in [3.05, 3.63) is 59.7 Å². The van der Waals surface area contributed by atoms with Gasteiger partial charge in [0.1, 0.15) is 0 Å². The Kier molecular flexibility index (Phi) is 4.83. The molecule has 1 fully saturated rings. The van der Waals surface area contributed by atoms with Crippen LogP contribution in [0, 0.1) is 0 Å². The number of fused-ring (bicyclic) bond motifs is 1. The number of hydrogen-bond acceptors (Lipinski definition) is 2. The summed E-state index contributed by atoms with van der Waals surface area (Å²) >= 11 is 0. The van der Waals surface area contributed by atoms with Crippen molar-refractivity contribution in [2.45, 2.75) is 24.9 Å². The molecule has 26 heavy (non-hydrogen) atoms. The molecule has 1 aliphatic rings. The van der Waals surface area contributed by atoms with Crippen molar-refractivity contribution in [1.82, 2.24) is 9.97 Å². The van der Waals surface area contributed by atoms with Crippen LogP contribution >= 0.6 is 0 Å². The number of aromatic nitrogens is 2. The number of amides is 1. The van der Waals surface area contributed by atoms with E-state index < -0.39 is 17.8 Å². The number of carboxylic acid groups (broad SMARTS) is 1. The van der Waals surface area contributed by atoms with Crippen LogP contribution in [0.3, 0.4) is 0 Å². The van der Waals surface area contributed by atoms with Crippen molar-refractivity contribution < 1.29 is 23.1 Å². The molecule has 0 unspecified atom stereocenters. The van der Waals surface area contributed by atoms with Gasteiger partial charge in [0.15, 0.2) is 0 Å². The zero-order chi connectivity index (χ0) is 18.7. The third-order valence-electron chi connectivity index (χ3n) is 3.88. The maximum absolute atomic E-state index is 12.4. The number of benzene rings is 2. The topological polar surface area (TPSA) is 78.0 Å². The van der Waals surface area contributed by atoms with E-state index in [1.54, 1.807) is 0 Å². The lowest BCUT2D eigenvalue weighted by Crippen LogP contribution is -2.08. The normalized spacial score (nSPS) is 13.8. The second kappa shape index (κ2) is 7.07. The second-order valence-electron chi connectivity index (χ2n) is 5.93. The van der Waals surface area contributed by atoms with Crippen LogP contribution in [0.1, 0.15) is 29.9 Å². The van der Waals surface area contributed by atoms with Gasteiger partial charge in [-0.15, -0.1) is 0 Å². The van der Waals surface area contributed by atoms with Crippen molar-refractivity contribution >= 4 is 23.1 Å². The largest absolute Gasteiger partial charge is 0.465 e. The maximum atomic E-state index is 12.4. The molecule has 0 atom stereocenters. The van der Waals surface area contributed by atoms with E-state index in [9.17, 15) is 18.0 Å². The van der Waals surface area contributed by atoms with Gasteiger partial charge in [-0.2, -0.15) is 13.2 Å². The second-order valence-corrected chi connectivity index (χ2v) is 5.93. The minimum Gasteiger partial charge on any atom is -0.465 e. The number of carbonyl (C=O) groups is 1. The number of halogens is 3. The van der Waals surface area contributed by atoms with Crippen LogP contribution in [0.25, 0.3) is 11.0 Å². The molecule has 1 aliphatic carbocycles. The molecular formula is C18H16F3N3O2. The Morgan fingerprint density at radius 3 is 2.42 bits per heavy atom. The third kappa shape index (κ3) is 4.53. The molecule has 8 heteroatoms. The predicted molar refractivity (Wildman–Crippen MR) is 91.2 cm³/mol. The Morgan fingerprint density at radius 2 is 1.85 bits per heavy atom. The summed E-state index contributed by atoms with van der Waals surface area (Å²) in [5.74, 6) is 0.790. The molecule has 136 valence electrons. The van der Waals surface area contributed by atoms with E-state index in [1.165, 1.54) is 24.5 Å². The fraction of sp³-hybridized carbons (Fsp3) is 0.222. The summed E-state index contributed by atoms with van der Waals surface area (Å²) in [5, 5.41) is 10.3. The number of H-pyrrole nitrogens is 1. The van der Waals surface area contributed by atoms with E-state index in [4.69, 9.17) is 5.11 Å². The van der Waals surface area contributed by atoms with Crippen molar-refractivity contribution in [1.29, 1.82) is 0 Å². The average molecular weight is 363 g/mol. The molecule has 1 aromatic heterocycles. The molecule has 2 aromatic carbocycles. The fourth-order valence-corrected chi connectivity index (χ4v) is 2.49. The highest BCUT2D eigenvalue weighted by Gasteiger charge is 2.30. The van der Waals surface area contributed by atoms with Crippen molar-refractivity contribution in [3.63, 3.8) is 0 Å². The van der Waals surface area contributed by atoms with Gasteiger partial charge in [-0.1, -0.05) is 30.3 Å². The van der Waals surface area contributed by atoms with Gasteiger partial charge in [0.25, 0.3) is 0 Å². The van der Waals surface area contributed by atoms with Crippen molar-refractivity contribution in [2.75, 3.05) is 5.32 Å². The molecule has 0 spiro atoms. The van der Waals surface area contributed by atoms with Gasteiger partial charge in [0.2, 0.25) is 5.95 Å². The number of anilines is 1. The van der Waals surface area contributed by atoms with Crippen LogP contribution in [0.2, 0.25) is 0 Å². The molecule has 5 nitrogen and oxygen atoms in total. The Hall–Kier alpha value is -3.03. The van der Waals surface area contributed by atoms with E-state index in [0.717, 1.165) is 18.1 Å². The molecule has 0 aliphatic heterocycles. The Labute approximate surface area is 146 Å². The minimum absolute atomic E-state index is 0.114. The van der Waals surface area contributed by atoms with E-state index >= 15 is 0 Å². The van der Waals surface area contributed by atoms with Crippen LogP contribution in [0.4, 0.5) is 23.9 Å². The average Bonchev–Trinajstić information content (AvgIpc) is 3.35. The molecule has 1 heterocycles. The number of alkyl halides is 3. The van der Waals surface area contributed by atoms with E-state index in [-0.39, 0.29) is 17.0 Å². The quantitative estimate of drug-likeness (QED) is 0.583.